The fraction of sp³-hybridized carbons (Fsp3) is 0. The van der Waals surface area contributed by atoms with Gasteiger partial charge in [-0.1, -0.05) is 0 Å². The summed E-state index contributed by atoms with van der Waals surface area (Å²) in [6.45, 7) is 0. The van der Waals surface area contributed by atoms with Crippen LogP contribution in [0.25, 0.3) is 22.6 Å². The predicted molar refractivity (Wildman–Crippen MR) is 72.0 cm³/mol. The lowest BCUT2D eigenvalue weighted by Gasteiger charge is -2.11. The van der Waals surface area contributed by atoms with Crippen molar-refractivity contribution in [3.8, 4) is 39.9 Å². The van der Waals surface area contributed by atoms with Crippen molar-refractivity contribution in [2.45, 2.75) is 0 Å². The summed E-state index contributed by atoms with van der Waals surface area (Å²) < 4.78 is 5.49. The van der Waals surface area contributed by atoms with E-state index in [1.54, 1.807) is 12.1 Å². The molecule has 0 fully saturated rings. The largest absolute Gasteiger partial charge is 0.508 e. The third-order valence-electron chi connectivity index (χ3n) is 2.95. The van der Waals surface area contributed by atoms with E-state index in [2.05, 4.69) is 0 Å². The molecule has 1 aromatic carbocycles. The predicted octanol–water partition coefficient (Wildman–Crippen LogP) is 2.53. The molecule has 2 aliphatic rings. The third kappa shape index (κ3) is 1.95. The highest BCUT2D eigenvalue weighted by Crippen LogP contribution is 2.39. The molecule has 3 rings (SSSR count). The van der Waals surface area contributed by atoms with Gasteiger partial charge < -0.3 is 19.7 Å². The van der Waals surface area contributed by atoms with Crippen molar-refractivity contribution in [1.29, 1.82) is 0 Å². The topological polar surface area (TPSA) is 90.9 Å². The molecule has 1 heterocycles. The second kappa shape index (κ2) is 4.31. The van der Waals surface area contributed by atoms with Gasteiger partial charge in [-0.05, 0) is 30.3 Å². The maximum atomic E-state index is 11.4. The molecule has 0 radical (unpaired) electrons. The van der Waals surface area contributed by atoms with E-state index < -0.39 is 0 Å². The minimum atomic E-state index is -0.388. The Hall–Kier alpha value is -2.95. The molecule has 0 atom stereocenters. The number of rotatable bonds is 1. The number of hydrogen-bond donors (Lipinski definition) is 3. The van der Waals surface area contributed by atoms with E-state index in [9.17, 15) is 20.1 Å². The average molecular weight is 270 g/mol. The Balaban J connectivity index is 2.27. The highest BCUT2D eigenvalue weighted by atomic mass is 16.4. The Morgan fingerprint density at radius 2 is 1.55 bits per heavy atom. The van der Waals surface area contributed by atoms with Gasteiger partial charge in [-0.2, -0.15) is 0 Å². The lowest BCUT2D eigenvalue weighted by atomic mass is 10.1. The van der Waals surface area contributed by atoms with E-state index in [-0.39, 0.29) is 39.8 Å². The molecular formula is C15H10O5. The van der Waals surface area contributed by atoms with Crippen molar-refractivity contribution >= 4 is 0 Å². The summed E-state index contributed by atoms with van der Waals surface area (Å²) in [7, 11) is 0. The fourth-order valence-electron chi connectivity index (χ4n) is 2.00. The first kappa shape index (κ1) is 12.1. The standard InChI is InChI=1S/C15H10O5/c16-9-3-1-8(2-4-9)15-13(19)7-11-12(18)5-10(17)6-14(11)20-15/h1-7,16,18-19H. The first-order valence-electron chi connectivity index (χ1n) is 5.84. The Kier molecular flexibility index (Phi) is 2.61. The summed E-state index contributed by atoms with van der Waals surface area (Å²) >= 11 is 0. The molecule has 1 aliphatic carbocycles. The Morgan fingerprint density at radius 3 is 2.25 bits per heavy atom. The number of hydrogen-bond acceptors (Lipinski definition) is 5. The van der Waals surface area contributed by atoms with Gasteiger partial charge in [-0.15, -0.1) is 0 Å². The van der Waals surface area contributed by atoms with Crippen LogP contribution in [0.2, 0.25) is 0 Å². The first-order chi connectivity index (χ1) is 9.54. The molecule has 0 spiro atoms. The van der Waals surface area contributed by atoms with Gasteiger partial charge in [0.1, 0.15) is 17.3 Å². The smallest absolute Gasteiger partial charge is 0.186 e. The summed E-state index contributed by atoms with van der Waals surface area (Å²) in [5, 5.41) is 28.9. The molecule has 5 nitrogen and oxygen atoms in total. The zero-order chi connectivity index (χ0) is 14.3. The molecule has 20 heavy (non-hydrogen) atoms. The van der Waals surface area contributed by atoms with Crippen LogP contribution in [-0.2, 0) is 0 Å². The number of aromatic hydroxyl groups is 3. The van der Waals surface area contributed by atoms with Gasteiger partial charge in [0.05, 0.1) is 5.56 Å². The van der Waals surface area contributed by atoms with Gasteiger partial charge in [-0.25, -0.2) is 0 Å². The van der Waals surface area contributed by atoms with E-state index in [1.165, 1.54) is 24.3 Å². The normalized spacial score (nSPS) is 10.8. The third-order valence-corrected chi connectivity index (χ3v) is 2.95. The lowest BCUT2D eigenvalue weighted by molar-refractivity contribution is 0.439. The summed E-state index contributed by atoms with van der Waals surface area (Å²) in [6.07, 6.45) is 0. The second-order valence-corrected chi connectivity index (χ2v) is 4.36. The van der Waals surface area contributed by atoms with Crippen molar-refractivity contribution in [3.05, 3.63) is 52.7 Å². The summed E-state index contributed by atoms with van der Waals surface area (Å²) in [5.74, 6) is 0.00726. The van der Waals surface area contributed by atoms with Crippen molar-refractivity contribution < 1.29 is 19.7 Å². The summed E-state index contributed by atoms with van der Waals surface area (Å²) in [4.78, 5) is 11.4. The molecule has 3 N–H and O–H groups in total. The molecule has 0 aromatic heterocycles. The molecule has 0 unspecified atom stereocenters. The molecule has 0 amide bonds. The van der Waals surface area contributed by atoms with Crippen LogP contribution in [0.3, 0.4) is 0 Å². The number of benzene rings is 2. The van der Waals surface area contributed by atoms with Crippen LogP contribution in [0.15, 0.2) is 51.7 Å². The number of phenolic OH excluding ortho intramolecular Hbond substituents is 2. The van der Waals surface area contributed by atoms with Crippen LogP contribution >= 0.6 is 0 Å². The number of phenols is 2. The van der Waals surface area contributed by atoms with Gasteiger partial charge in [0.2, 0.25) is 0 Å². The van der Waals surface area contributed by atoms with E-state index in [0.717, 1.165) is 6.07 Å². The monoisotopic (exact) mass is 270 g/mol. The van der Waals surface area contributed by atoms with Gasteiger partial charge in [-0.3, -0.25) is 4.79 Å². The van der Waals surface area contributed by atoms with E-state index >= 15 is 0 Å². The molecular weight excluding hydrogens is 260 g/mol. The maximum Gasteiger partial charge on any atom is 0.186 e. The highest BCUT2D eigenvalue weighted by molar-refractivity contribution is 5.74. The molecule has 1 aromatic rings. The quantitative estimate of drug-likeness (QED) is 0.632. The van der Waals surface area contributed by atoms with Crippen molar-refractivity contribution in [3.63, 3.8) is 0 Å². The van der Waals surface area contributed by atoms with Crippen LogP contribution in [-0.4, -0.2) is 15.3 Å². The van der Waals surface area contributed by atoms with Crippen LogP contribution in [0.4, 0.5) is 0 Å². The van der Waals surface area contributed by atoms with E-state index in [1.807, 2.05) is 0 Å². The van der Waals surface area contributed by atoms with Crippen molar-refractivity contribution in [2.24, 2.45) is 0 Å². The molecule has 0 bridgehead atoms. The fourth-order valence-corrected chi connectivity index (χ4v) is 2.00. The Morgan fingerprint density at radius 1 is 0.850 bits per heavy atom. The highest BCUT2D eigenvalue weighted by Gasteiger charge is 2.17. The second-order valence-electron chi connectivity index (χ2n) is 4.36. The SMILES string of the molecule is O=c1cc2oc(-c3ccc(O)cc3)c(O)cc-2c(O)c1. The molecule has 100 valence electrons. The molecule has 0 saturated carbocycles. The Bertz CT molecular complexity index is 802. The summed E-state index contributed by atoms with van der Waals surface area (Å²) in [5.41, 5.74) is 0.406. The maximum absolute atomic E-state index is 11.4. The van der Waals surface area contributed by atoms with Crippen LogP contribution in [0.1, 0.15) is 0 Å². The van der Waals surface area contributed by atoms with Gasteiger partial charge >= 0.3 is 0 Å². The zero-order valence-electron chi connectivity index (χ0n) is 10.2. The first-order valence-corrected chi connectivity index (χ1v) is 5.84. The minimum Gasteiger partial charge on any atom is -0.508 e. The van der Waals surface area contributed by atoms with Crippen LogP contribution in [0.5, 0.6) is 17.2 Å². The van der Waals surface area contributed by atoms with Crippen molar-refractivity contribution in [2.75, 3.05) is 0 Å². The average Bonchev–Trinajstić information content (AvgIpc) is 2.40. The summed E-state index contributed by atoms with van der Waals surface area (Å²) in [6, 6.07) is 9.67. The van der Waals surface area contributed by atoms with E-state index in [0.29, 0.717) is 5.56 Å². The van der Waals surface area contributed by atoms with E-state index in [4.69, 9.17) is 4.42 Å². The number of fused-ring (bicyclic) bond motifs is 1. The molecule has 5 heteroatoms. The Labute approximate surface area is 113 Å². The molecule has 1 aliphatic heterocycles. The minimum absolute atomic E-state index is 0.0912. The zero-order valence-corrected chi connectivity index (χ0v) is 10.2. The van der Waals surface area contributed by atoms with Gasteiger partial charge in [0.15, 0.2) is 16.9 Å². The van der Waals surface area contributed by atoms with Crippen molar-refractivity contribution in [1.82, 2.24) is 0 Å². The van der Waals surface area contributed by atoms with Crippen LogP contribution < -0.4 is 5.43 Å². The van der Waals surface area contributed by atoms with Gasteiger partial charge in [0, 0.05) is 17.7 Å². The molecule has 0 saturated heterocycles. The van der Waals surface area contributed by atoms with Gasteiger partial charge in [0.25, 0.3) is 0 Å². The lowest BCUT2D eigenvalue weighted by Crippen LogP contribution is -1.99. The van der Waals surface area contributed by atoms with Crippen LogP contribution in [0, 0.1) is 0 Å².